The maximum absolute atomic E-state index is 16.4. The molecule has 4 aromatic carbocycles. The molecule has 1 aliphatic carbocycles. The highest BCUT2D eigenvalue weighted by Gasteiger charge is 2.85. The summed E-state index contributed by atoms with van der Waals surface area (Å²) in [4.78, 5) is 1.15. The Bertz CT molecular complexity index is 2070. The van der Waals surface area contributed by atoms with Crippen LogP contribution >= 0.6 is 22.7 Å². The molecule has 0 saturated heterocycles. The summed E-state index contributed by atoms with van der Waals surface area (Å²) in [5.74, 6) is -21.2. The van der Waals surface area contributed by atoms with Crippen molar-refractivity contribution >= 4 is 22.7 Å². The second-order valence-electron chi connectivity index (χ2n) is 11.7. The van der Waals surface area contributed by atoms with Crippen molar-refractivity contribution < 1.29 is 26.3 Å². The Morgan fingerprint density at radius 3 is 1.14 bits per heavy atom. The van der Waals surface area contributed by atoms with Crippen molar-refractivity contribution in [2.75, 3.05) is 0 Å². The van der Waals surface area contributed by atoms with E-state index in [2.05, 4.69) is 0 Å². The van der Waals surface area contributed by atoms with E-state index < -0.39 is 29.6 Å². The van der Waals surface area contributed by atoms with Crippen molar-refractivity contribution in [1.82, 2.24) is 0 Å². The van der Waals surface area contributed by atoms with Crippen molar-refractivity contribution in [2.24, 2.45) is 0 Å². The normalized spacial score (nSPS) is 18.9. The minimum Gasteiger partial charge on any atom is -0.199 e. The molecule has 2 aromatic heterocycles. The summed E-state index contributed by atoms with van der Waals surface area (Å²) < 4.78 is 96.9. The molecule has 0 radical (unpaired) electrons. The summed E-state index contributed by atoms with van der Waals surface area (Å²) in [6.07, 6.45) is 0. The standard InChI is InChI=1S/C39H22F6N2S2/c40-37(41)33(29-19-31(25-15-11-23(21-46)12-16-25)48-35(29)27-7-3-1-4-8-27)34(38(42,43)39(37,44)45)30-20-32(26-17-13-24(22-47)14-18-26)49-36(30)28-9-5-2-6-10-28/h1-20,33-34H. The molecular weight excluding hydrogens is 675 g/mol. The molecule has 0 N–H and O–H groups in total. The van der Waals surface area contributed by atoms with Gasteiger partial charge in [0.2, 0.25) is 0 Å². The van der Waals surface area contributed by atoms with Gasteiger partial charge in [0.05, 0.1) is 35.1 Å². The first kappa shape index (κ1) is 32.4. The van der Waals surface area contributed by atoms with Gasteiger partial charge >= 0.3 is 17.8 Å². The van der Waals surface area contributed by atoms with Crippen LogP contribution in [0.2, 0.25) is 0 Å². The van der Waals surface area contributed by atoms with Crippen LogP contribution in [0, 0.1) is 22.7 Å². The average molecular weight is 697 g/mol. The molecule has 6 aromatic rings. The van der Waals surface area contributed by atoms with Gasteiger partial charge in [-0.15, -0.1) is 22.7 Å². The van der Waals surface area contributed by atoms with Gasteiger partial charge in [0.25, 0.3) is 0 Å². The Kier molecular flexibility index (Phi) is 7.98. The highest BCUT2D eigenvalue weighted by molar-refractivity contribution is 7.19. The number of thiophene rings is 2. The molecule has 2 unspecified atom stereocenters. The van der Waals surface area contributed by atoms with E-state index in [1.54, 1.807) is 84.9 Å². The molecule has 1 saturated carbocycles. The van der Waals surface area contributed by atoms with Crippen LogP contribution in [0.15, 0.2) is 121 Å². The Labute approximate surface area is 285 Å². The number of rotatable bonds is 6. The zero-order valence-corrected chi connectivity index (χ0v) is 26.8. The zero-order chi connectivity index (χ0) is 34.6. The van der Waals surface area contributed by atoms with Gasteiger partial charge < -0.3 is 0 Å². The fourth-order valence-corrected chi connectivity index (χ4v) is 8.82. The fourth-order valence-electron chi connectivity index (χ4n) is 6.39. The number of nitrogens with zero attached hydrogens (tertiary/aromatic N) is 2. The lowest BCUT2D eigenvalue weighted by Crippen LogP contribution is -2.48. The average Bonchev–Trinajstić information content (AvgIpc) is 3.78. The minimum absolute atomic E-state index is 0.173. The van der Waals surface area contributed by atoms with E-state index in [0.29, 0.717) is 43.1 Å². The summed E-state index contributed by atoms with van der Waals surface area (Å²) in [7, 11) is 0. The first-order chi connectivity index (χ1) is 23.5. The van der Waals surface area contributed by atoms with Gasteiger partial charge in [0.15, 0.2) is 0 Å². The highest BCUT2D eigenvalue weighted by atomic mass is 32.1. The van der Waals surface area contributed by atoms with Crippen LogP contribution in [-0.2, 0) is 0 Å². The number of hydrogen-bond acceptors (Lipinski definition) is 4. The fraction of sp³-hybridized carbons (Fsp3) is 0.128. The predicted molar refractivity (Wildman–Crippen MR) is 180 cm³/mol. The van der Waals surface area contributed by atoms with Crippen molar-refractivity contribution in [2.45, 2.75) is 29.6 Å². The lowest BCUT2D eigenvalue weighted by atomic mass is 9.80. The van der Waals surface area contributed by atoms with Crippen LogP contribution in [-0.4, -0.2) is 17.8 Å². The van der Waals surface area contributed by atoms with Crippen LogP contribution in [0.4, 0.5) is 26.3 Å². The molecule has 2 atom stereocenters. The van der Waals surface area contributed by atoms with Crippen LogP contribution in [0.25, 0.3) is 41.8 Å². The molecular formula is C39H22F6N2S2. The Morgan fingerprint density at radius 1 is 0.469 bits per heavy atom. The van der Waals surface area contributed by atoms with Gasteiger partial charge in [-0.2, -0.15) is 36.9 Å². The van der Waals surface area contributed by atoms with Crippen LogP contribution in [0.5, 0.6) is 0 Å². The number of alkyl halides is 6. The minimum atomic E-state index is -5.69. The van der Waals surface area contributed by atoms with Gasteiger partial charge in [0, 0.05) is 19.5 Å². The number of halogens is 6. The van der Waals surface area contributed by atoms with Gasteiger partial charge in [-0.3, -0.25) is 0 Å². The van der Waals surface area contributed by atoms with Gasteiger partial charge in [-0.25, -0.2) is 0 Å². The third kappa shape index (κ3) is 5.23. The molecule has 1 aliphatic rings. The van der Waals surface area contributed by atoms with Crippen LogP contribution in [0.1, 0.15) is 34.1 Å². The van der Waals surface area contributed by atoms with E-state index in [4.69, 9.17) is 0 Å². The maximum Gasteiger partial charge on any atom is 0.373 e. The summed E-state index contributed by atoms with van der Waals surface area (Å²) in [5.41, 5.74) is 1.97. The lowest BCUT2D eigenvalue weighted by molar-refractivity contribution is -0.274. The van der Waals surface area contributed by atoms with E-state index >= 15 is 26.3 Å². The lowest BCUT2D eigenvalue weighted by Gasteiger charge is -2.26. The van der Waals surface area contributed by atoms with Gasteiger partial charge in [0.1, 0.15) is 0 Å². The van der Waals surface area contributed by atoms with E-state index in [9.17, 15) is 10.5 Å². The van der Waals surface area contributed by atoms with Crippen molar-refractivity contribution in [3.05, 3.63) is 144 Å². The summed E-state index contributed by atoms with van der Waals surface area (Å²) >= 11 is 2.08. The third-order valence-corrected chi connectivity index (χ3v) is 11.3. The molecule has 0 bridgehead atoms. The van der Waals surface area contributed by atoms with Crippen molar-refractivity contribution in [3.8, 4) is 53.9 Å². The SMILES string of the molecule is N#Cc1ccc(-c2cc(C3C(c4cc(-c5ccc(C#N)cc5)sc4-c4ccccc4)C(F)(F)C(F)(F)C3(F)F)c(-c3ccccc3)s2)cc1. The van der Waals surface area contributed by atoms with Crippen molar-refractivity contribution in [1.29, 1.82) is 10.5 Å². The maximum atomic E-state index is 16.4. The predicted octanol–water partition coefficient (Wildman–Crippen LogP) is 12.0. The van der Waals surface area contributed by atoms with E-state index in [1.165, 1.54) is 36.4 Å². The Morgan fingerprint density at radius 2 is 0.816 bits per heavy atom. The smallest absolute Gasteiger partial charge is 0.199 e. The molecule has 0 aliphatic heterocycles. The molecule has 2 nitrogen and oxygen atoms in total. The Balaban J connectivity index is 1.50. The first-order valence-corrected chi connectivity index (χ1v) is 16.6. The summed E-state index contributed by atoms with van der Waals surface area (Å²) in [6, 6.07) is 35.7. The summed E-state index contributed by atoms with van der Waals surface area (Å²) in [6.45, 7) is 0. The first-order valence-electron chi connectivity index (χ1n) is 15.0. The molecule has 242 valence electrons. The second kappa shape index (κ2) is 12.1. The van der Waals surface area contributed by atoms with Crippen LogP contribution < -0.4 is 0 Å². The Hall–Kier alpha value is -5.16. The molecule has 2 heterocycles. The largest absolute Gasteiger partial charge is 0.373 e. The van der Waals surface area contributed by atoms with Crippen LogP contribution in [0.3, 0.4) is 0 Å². The van der Waals surface area contributed by atoms with E-state index in [1.807, 2.05) is 12.1 Å². The quantitative estimate of drug-likeness (QED) is 0.163. The topological polar surface area (TPSA) is 47.6 Å². The number of hydrogen-bond donors (Lipinski definition) is 0. The van der Waals surface area contributed by atoms with Gasteiger partial charge in [-0.05, 0) is 69.8 Å². The van der Waals surface area contributed by atoms with E-state index in [-0.39, 0.29) is 20.9 Å². The molecule has 49 heavy (non-hydrogen) atoms. The molecule has 1 fully saturated rings. The number of nitriles is 2. The second-order valence-corrected chi connectivity index (χ2v) is 13.8. The summed E-state index contributed by atoms with van der Waals surface area (Å²) in [5, 5.41) is 18.5. The van der Waals surface area contributed by atoms with Gasteiger partial charge in [-0.1, -0.05) is 84.9 Å². The molecule has 7 rings (SSSR count). The molecule has 0 spiro atoms. The molecule has 0 amide bonds. The number of benzene rings is 4. The monoisotopic (exact) mass is 696 g/mol. The van der Waals surface area contributed by atoms with Crippen molar-refractivity contribution in [3.63, 3.8) is 0 Å². The third-order valence-electron chi connectivity index (χ3n) is 8.81. The van der Waals surface area contributed by atoms with E-state index in [0.717, 1.165) is 22.7 Å². The highest BCUT2D eigenvalue weighted by Crippen LogP contribution is 2.71. The molecule has 10 heteroatoms. The zero-order valence-electron chi connectivity index (χ0n) is 25.2.